The number of allylic oxidation sites excluding steroid dienone is 3. The molecule has 1 unspecified atom stereocenters. The lowest BCUT2D eigenvalue weighted by molar-refractivity contribution is 0.236. The first-order valence-electron chi connectivity index (χ1n) is 5.30. The van der Waals surface area contributed by atoms with Gasteiger partial charge in [-0.05, 0) is 42.3 Å². The Bertz CT molecular complexity index is 363. The van der Waals surface area contributed by atoms with Crippen molar-refractivity contribution in [2.75, 3.05) is 6.61 Å². The van der Waals surface area contributed by atoms with E-state index in [1.807, 2.05) is 0 Å². The van der Waals surface area contributed by atoms with Crippen LogP contribution in [-0.2, 0) is 4.74 Å². The van der Waals surface area contributed by atoms with Gasteiger partial charge in [0.1, 0.15) is 0 Å². The van der Waals surface area contributed by atoms with Crippen molar-refractivity contribution in [3.05, 3.63) is 34.8 Å². The highest BCUT2D eigenvalue weighted by atomic mass is 16.5. The Kier molecular flexibility index (Phi) is 1.69. The molecule has 2 heterocycles. The highest BCUT2D eigenvalue weighted by Crippen LogP contribution is 2.38. The Hall–Kier alpha value is -1.18. The molecule has 0 saturated heterocycles. The first-order chi connectivity index (χ1) is 6.84. The van der Waals surface area contributed by atoms with Gasteiger partial charge in [0.2, 0.25) is 0 Å². The average Bonchev–Trinajstić information content (AvgIpc) is 2.62. The molecule has 3 aliphatic rings. The second-order valence-electron chi connectivity index (χ2n) is 4.27. The summed E-state index contributed by atoms with van der Waals surface area (Å²) in [5, 5.41) is 3.44. The number of ether oxygens (including phenoxy) is 1. The van der Waals surface area contributed by atoms with E-state index in [2.05, 4.69) is 24.5 Å². The van der Waals surface area contributed by atoms with Gasteiger partial charge >= 0.3 is 0 Å². The Labute approximate surface area is 84.3 Å². The van der Waals surface area contributed by atoms with Crippen LogP contribution in [-0.4, -0.2) is 12.6 Å². The van der Waals surface area contributed by atoms with Crippen molar-refractivity contribution in [3.8, 4) is 0 Å². The molecule has 0 aromatic heterocycles. The van der Waals surface area contributed by atoms with Gasteiger partial charge in [-0.15, -0.1) is 0 Å². The number of hydrogen-bond acceptors (Lipinski definition) is 2. The molecule has 0 amide bonds. The smallest absolute Gasteiger partial charge is 0.0995 e. The molecule has 2 heteroatoms. The van der Waals surface area contributed by atoms with E-state index in [0.717, 1.165) is 25.9 Å². The molecular formula is C12H15NO. The van der Waals surface area contributed by atoms with Crippen LogP contribution < -0.4 is 5.32 Å². The fourth-order valence-electron chi connectivity index (χ4n) is 2.57. The molecule has 0 aromatic rings. The summed E-state index contributed by atoms with van der Waals surface area (Å²) in [6, 6.07) is 0.542. The topological polar surface area (TPSA) is 21.3 Å². The second kappa shape index (κ2) is 2.91. The first kappa shape index (κ1) is 8.16. The maximum absolute atomic E-state index is 5.65. The molecule has 1 aliphatic carbocycles. The third-order valence-corrected chi connectivity index (χ3v) is 3.43. The molecule has 2 aliphatic heterocycles. The van der Waals surface area contributed by atoms with Gasteiger partial charge in [0.05, 0.1) is 18.4 Å². The minimum atomic E-state index is 0.542. The predicted molar refractivity (Wildman–Crippen MR) is 55.6 cm³/mol. The Morgan fingerprint density at radius 3 is 3.36 bits per heavy atom. The van der Waals surface area contributed by atoms with Gasteiger partial charge in [-0.1, -0.05) is 0 Å². The van der Waals surface area contributed by atoms with E-state index in [4.69, 9.17) is 4.74 Å². The van der Waals surface area contributed by atoms with Gasteiger partial charge in [0.15, 0.2) is 0 Å². The van der Waals surface area contributed by atoms with Crippen molar-refractivity contribution in [2.45, 2.75) is 32.2 Å². The van der Waals surface area contributed by atoms with Gasteiger partial charge in [0.25, 0.3) is 0 Å². The molecule has 0 saturated carbocycles. The van der Waals surface area contributed by atoms with E-state index in [1.54, 1.807) is 0 Å². The van der Waals surface area contributed by atoms with Crippen LogP contribution in [0.5, 0.6) is 0 Å². The number of dihydropyridines is 1. The van der Waals surface area contributed by atoms with Gasteiger partial charge < -0.3 is 10.1 Å². The summed E-state index contributed by atoms with van der Waals surface area (Å²) in [6.45, 7) is 3.09. The Morgan fingerprint density at radius 1 is 1.50 bits per heavy atom. The molecule has 1 N–H and O–H groups in total. The minimum absolute atomic E-state index is 0.542. The Morgan fingerprint density at radius 2 is 2.43 bits per heavy atom. The molecule has 0 radical (unpaired) electrons. The van der Waals surface area contributed by atoms with Gasteiger partial charge in [-0.25, -0.2) is 0 Å². The van der Waals surface area contributed by atoms with Crippen LogP contribution in [0.25, 0.3) is 0 Å². The molecule has 0 spiro atoms. The Balaban J connectivity index is 1.97. The monoisotopic (exact) mass is 189 g/mol. The van der Waals surface area contributed by atoms with Gasteiger partial charge in [-0.2, -0.15) is 0 Å². The highest BCUT2D eigenvalue weighted by molar-refractivity contribution is 5.39. The van der Waals surface area contributed by atoms with Crippen molar-refractivity contribution in [2.24, 2.45) is 0 Å². The lowest BCUT2D eigenvalue weighted by Gasteiger charge is -2.30. The van der Waals surface area contributed by atoms with Gasteiger partial charge in [-0.3, -0.25) is 0 Å². The third kappa shape index (κ3) is 1.10. The molecule has 2 nitrogen and oxygen atoms in total. The molecule has 0 aromatic carbocycles. The summed E-state index contributed by atoms with van der Waals surface area (Å²) in [5.41, 5.74) is 4.47. The van der Waals surface area contributed by atoms with Crippen LogP contribution in [0.3, 0.4) is 0 Å². The number of nitrogens with one attached hydrogen (secondary N) is 1. The van der Waals surface area contributed by atoms with Crippen LogP contribution in [0.2, 0.25) is 0 Å². The molecule has 3 rings (SSSR count). The minimum Gasteiger partial charge on any atom is -0.497 e. The zero-order chi connectivity index (χ0) is 9.54. The van der Waals surface area contributed by atoms with E-state index >= 15 is 0 Å². The highest BCUT2D eigenvalue weighted by Gasteiger charge is 2.30. The fourth-order valence-corrected chi connectivity index (χ4v) is 2.57. The summed E-state index contributed by atoms with van der Waals surface area (Å²) in [5.74, 6) is 1.26. The third-order valence-electron chi connectivity index (χ3n) is 3.43. The fraction of sp³-hybridized carbons (Fsp3) is 0.500. The first-order valence-corrected chi connectivity index (χ1v) is 5.30. The molecule has 0 fully saturated rings. The van der Waals surface area contributed by atoms with Crippen LogP contribution in [0, 0.1) is 0 Å². The maximum atomic E-state index is 5.65. The summed E-state index contributed by atoms with van der Waals surface area (Å²) >= 11 is 0. The van der Waals surface area contributed by atoms with Crippen molar-refractivity contribution in [3.63, 3.8) is 0 Å². The van der Waals surface area contributed by atoms with E-state index < -0.39 is 0 Å². The SMILES string of the molecule is CC1=C2CC3=C(CCO3)CC2NC=C1. The summed E-state index contributed by atoms with van der Waals surface area (Å²) < 4.78 is 5.65. The van der Waals surface area contributed by atoms with Crippen LogP contribution in [0.4, 0.5) is 0 Å². The molecule has 14 heavy (non-hydrogen) atoms. The molecule has 74 valence electrons. The van der Waals surface area contributed by atoms with Crippen molar-refractivity contribution < 1.29 is 4.74 Å². The van der Waals surface area contributed by atoms with Crippen molar-refractivity contribution in [1.29, 1.82) is 0 Å². The molecule has 1 atom stereocenters. The lowest BCUT2D eigenvalue weighted by Crippen LogP contribution is -2.32. The largest absolute Gasteiger partial charge is 0.497 e. The van der Waals surface area contributed by atoms with E-state index in [1.165, 1.54) is 22.5 Å². The number of hydrogen-bond donors (Lipinski definition) is 1. The summed E-state index contributed by atoms with van der Waals surface area (Å²) in [4.78, 5) is 0. The molecule has 0 bridgehead atoms. The van der Waals surface area contributed by atoms with Crippen LogP contribution in [0.15, 0.2) is 34.8 Å². The standard InChI is InChI=1S/C12H15NO/c1-8-2-4-13-11-6-9-3-5-14-12(9)7-10(8)11/h2,4,11,13H,3,5-7H2,1H3. The maximum Gasteiger partial charge on any atom is 0.0995 e. The normalized spacial score (nSPS) is 29.6. The van der Waals surface area contributed by atoms with Crippen molar-refractivity contribution in [1.82, 2.24) is 5.32 Å². The summed E-state index contributed by atoms with van der Waals surface area (Å²) in [6.07, 6.45) is 7.55. The van der Waals surface area contributed by atoms with Gasteiger partial charge in [0, 0.05) is 12.8 Å². The predicted octanol–water partition coefficient (Wildman–Crippen LogP) is 2.26. The van der Waals surface area contributed by atoms with Crippen LogP contribution in [0.1, 0.15) is 26.2 Å². The van der Waals surface area contributed by atoms with Crippen LogP contribution >= 0.6 is 0 Å². The summed E-state index contributed by atoms with van der Waals surface area (Å²) in [7, 11) is 0. The zero-order valence-electron chi connectivity index (χ0n) is 8.47. The average molecular weight is 189 g/mol. The van der Waals surface area contributed by atoms with E-state index in [9.17, 15) is 0 Å². The number of rotatable bonds is 0. The van der Waals surface area contributed by atoms with E-state index in [0.29, 0.717) is 6.04 Å². The quantitative estimate of drug-likeness (QED) is 0.631. The second-order valence-corrected chi connectivity index (χ2v) is 4.27. The van der Waals surface area contributed by atoms with Crippen molar-refractivity contribution >= 4 is 0 Å². The lowest BCUT2D eigenvalue weighted by atomic mass is 9.84. The van der Waals surface area contributed by atoms with E-state index in [-0.39, 0.29) is 0 Å². The zero-order valence-corrected chi connectivity index (χ0v) is 8.47. The molecular weight excluding hydrogens is 174 g/mol. The number of fused-ring (bicyclic) bond motifs is 1.